The summed E-state index contributed by atoms with van der Waals surface area (Å²) in [4.78, 5) is 9.44. The van der Waals surface area contributed by atoms with E-state index in [0.717, 1.165) is 31.5 Å². The van der Waals surface area contributed by atoms with Crippen LogP contribution in [0.15, 0.2) is 52.0 Å². The first kappa shape index (κ1) is 22.8. The molecule has 1 atom stereocenters. The molecule has 1 unspecified atom stereocenters. The van der Waals surface area contributed by atoms with Crippen molar-refractivity contribution in [3.63, 3.8) is 0 Å². The molecular formula is C20H22BrN2O3PS2. The highest BCUT2D eigenvalue weighted by Gasteiger charge is 2.24. The second-order valence-electron chi connectivity index (χ2n) is 5.97. The predicted octanol–water partition coefficient (Wildman–Crippen LogP) is 7.20. The smallest absolute Gasteiger partial charge is 0.301 e. The molecule has 0 aliphatic heterocycles. The Hall–Kier alpha value is -0.890. The van der Waals surface area contributed by atoms with E-state index in [1.165, 1.54) is 11.4 Å². The van der Waals surface area contributed by atoms with E-state index in [1.54, 1.807) is 11.8 Å². The van der Waals surface area contributed by atoms with Crippen molar-refractivity contribution >= 4 is 56.8 Å². The lowest BCUT2D eigenvalue weighted by Crippen LogP contribution is -1.96. The van der Waals surface area contributed by atoms with Gasteiger partial charge in [-0.1, -0.05) is 47.1 Å². The van der Waals surface area contributed by atoms with Crippen LogP contribution in [0.3, 0.4) is 0 Å². The topological polar surface area (TPSA) is 61.3 Å². The molecule has 0 aliphatic carbocycles. The molecule has 2 aromatic carbocycles. The van der Waals surface area contributed by atoms with Gasteiger partial charge in [-0.15, -0.1) is 11.8 Å². The number of hydrogen-bond acceptors (Lipinski definition) is 7. The van der Waals surface area contributed by atoms with Crippen molar-refractivity contribution in [2.75, 3.05) is 18.6 Å². The maximum absolute atomic E-state index is 12.6. The summed E-state index contributed by atoms with van der Waals surface area (Å²) in [6.45, 7) is 1.22. The summed E-state index contributed by atoms with van der Waals surface area (Å²) >= 11 is 6.32. The molecule has 0 radical (unpaired) electrons. The van der Waals surface area contributed by atoms with Gasteiger partial charge in [0.1, 0.15) is 5.03 Å². The first-order valence-corrected chi connectivity index (χ1v) is 14.3. The molecule has 0 spiro atoms. The van der Waals surface area contributed by atoms with Crippen LogP contribution in [0.1, 0.15) is 19.4 Å². The number of hydrogen-bond donors (Lipinski definition) is 0. The van der Waals surface area contributed by atoms with Crippen LogP contribution in [-0.2, 0) is 20.2 Å². The summed E-state index contributed by atoms with van der Waals surface area (Å²) in [5.74, 6) is 1.35. The van der Waals surface area contributed by atoms with Crippen molar-refractivity contribution in [1.29, 1.82) is 0 Å². The maximum Gasteiger partial charge on any atom is 0.389 e. The summed E-state index contributed by atoms with van der Waals surface area (Å²) in [6, 6.07) is 13.8. The van der Waals surface area contributed by atoms with E-state index in [2.05, 4.69) is 15.9 Å². The molecule has 0 saturated carbocycles. The zero-order chi connectivity index (χ0) is 20.9. The van der Waals surface area contributed by atoms with Crippen molar-refractivity contribution in [3.8, 4) is 11.4 Å². The maximum atomic E-state index is 12.6. The molecule has 0 bridgehead atoms. The highest BCUT2D eigenvalue weighted by molar-refractivity contribution is 9.10. The summed E-state index contributed by atoms with van der Waals surface area (Å²) in [5, 5.41) is 1.97. The molecule has 0 amide bonds. The van der Waals surface area contributed by atoms with Crippen LogP contribution >= 0.6 is 45.9 Å². The van der Waals surface area contributed by atoms with Gasteiger partial charge in [-0.2, -0.15) is 0 Å². The van der Waals surface area contributed by atoms with Crippen molar-refractivity contribution in [2.45, 2.75) is 25.5 Å². The first-order chi connectivity index (χ1) is 14.0. The number of thioether (sulfide) groups is 1. The van der Waals surface area contributed by atoms with E-state index in [1.807, 2.05) is 62.6 Å². The van der Waals surface area contributed by atoms with E-state index in [4.69, 9.17) is 19.0 Å². The normalized spacial score (nSPS) is 13.5. The van der Waals surface area contributed by atoms with Crippen LogP contribution in [0.4, 0.5) is 0 Å². The molecular weight excluding hydrogens is 491 g/mol. The van der Waals surface area contributed by atoms with Crippen molar-refractivity contribution in [3.05, 3.63) is 52.5 Å². The van der Waals surface area contributed by atoms with Crippen molar-refractivity contribution in [2.24, 2.45) is 0 Å². The Morgan fingerprint density at radius 3 is 2.48 bits per heavy atom. The second-order valence-corrected chi connectivity index (χ2v) is 12.0. The van der Waals surface area contributed by atoms with Gasteiger partial charge in [0.05, 0.1) is 18.7 Å². The Bertz CT molecular complexity index is 1020. The minimum Gasteiger partial charge on any atom is -0.301 e. The third-order valence-corrected chi connectivity index (χ3v) is 9.13. The Morgan fingerprint density at radius 1 is 1.07 bits per heavy atom. The lowest BCUT2D eigenvalue weighted by molar-refractivity contribution is 0.221. The van der Waals surface area contributed by atoms with Crippen molar-refractivity contribution in [1.82, 2.24) is 9.97 Å². The van der Waals surface area contributed by atoms with Crippen molar-refractivity contribution < 1.29 is 13.6 Å². The summed E-state index contributed by atoms with van der Waals surface area (Å²) in [5.41, 5.74) is 2.74. The van der Waals surface area contributed by atoms with E-state index in [0.29, 0.717) is 18.2 Å². The number of fused-ring (bicyclic) bond motifs is 1. The van der Waals surface area contributed by atoms with Crippen LogP contribution in [0.25, 0.3) is 22.3 Å². The fourth-order valence-corrected chi connectivity index (χ4v) is 6.64. The lowest BCUT2D eigenvalue weighted by Gasteiger charge is -2.16. The SMILES string of the molecule is CCOP(=O)(OCc1ccc(-c2nc(SC)c3cc(Br)ccc3n2)cc1)SCC. The molecule has 3 aromatic rings. The Labute approximate surface area is 187 Å². The largest absolute Gasteiger partial charge is 0.389 e. The summed E-state index contributed by atoms with van der Waals surface area (Å²) < 4.78 is 24.5. The van der Waals surface area contributed by atoms with E-state index < -0.39 is 6.80 Å². The Morgan fingerprint density at radius 2 is 1.83 bits per heavy atom. The molecule has 0 N–H and O–H groups in total. The van der Waals surface area contributed by atoms with Crippen LogP contribution in [-0.4, -0.2) is 28.6 Å². The van der Waals surface area contributed by atoms with Gasteiger partial charge in [-0.05, 0) is 48.3 Å². The van der Waals surface area contributed by atoms with Gasteiger partial charge in [-0.3, -0.25) is 4.52 Å². The number of aromatic nitrogens is 2. The highest BCUT2D eigenvalue weighted by atomic mass is 79.9. The van der Waals surface area contributed by atoms with Gasteiger partial charge in [0.2, 0.25) is 0 Å². The monoisotopic (exact) mass is 512 g/mol. The zero-order valence-corrected chi connectivity index (χ0v) is 20.5. The lowest BCUT2D eigenvalue weighted by atomic mass is 10.1. The zero-order valence-electron chi connectivity index (χ0n) is 16.4. The van der Waals surface area contributed by atoms with E-state index in [-0.39, 0.29) is 6.61 Å². The highest BCUT2D eigenvalue weighted by Crippen LogP contribution is 2.60. The molecule has 0 aliphatic rings. The Kier molecular flexibility index (Phi) is 8.19. The molecule has 3 rings (SSSR count). The minimum atomic E-state index is -3.11. The molecule has 0 fully saturated rings. The number of benzene rings is 2. The van der Waals surface area contributed by atoms with Gasteiger partial charge in [0, 0.05) is 21.2 Å². The van der Waals surface area contributed by atoms with Gasteiger partial charge in [0.25, 0.3) is 0 Å². The number of rotatable bonds is 9. The molecule has 154 valence electrons. The van der Waals surface area contributed by atoms with Crippen LogP contribution in [0.2, 0.25) is 0 Å². The molecule has 9 heteroatoms. The first-order valence-electron chi connectivity index (χ1n) is 9.12. The third kappa shape index (κ3) is 5.84. The van der Waals surface area contributed by atoms with Gasteiger partial charge in [-0.25, -0.2) is 14.5 Å². The van der Waals surface area contributed by atoms with Crippen LogP contribution in [0.5, 0.6) is 0 Å². The number of nitrogens with zero attached hydrogens (tertiary/aromatic N) is 2. The number of halogens is 1. The third-order valence-electron chi connectivity index (χ3n) is 3.99. The van der Waals surface area contributed by atoms with Crippen LogP contribution < -0.4 is 0 Å². The molecule has 1 aromatic heterocycles. The minimum absolute atomic E-state index is 0.229. The summed E-state index contributed by atoms with van der Waals surface area (Å²) in [6.07, 6.45) is 2.01. The van der Waals surface area contributed by atoms with Gasteiger partial charge >= 0.3 is 6.80 Å². The Balaban J connectivity index is 1.81. The van der Waals surface area contributed by atoms with Gasteiger partial charge in [0.15, 0.2) is 5.82 Å². The second kappa shape index (κ2) is 10.4. The molecule has 5 nitrogen and oxygen atoms in total. The molecule has 29 heavy (non-hydrogen) atoms. The van der Waals surface area contributed by atoms with E-state index >= 15 is 0 Å². The molecule has 0 saturated heterocycles. The van der Waals surface area contributed by atoms with Gasteiger partial charge < -0.3 is 4.52 Å². The fourth-order valence-electron chi connectivity index (χ4n) is 2.69. The summed E-state index contributed by atoms with van der Waals surface area (Å²) in [7, 11) is 0. The quantitative estimate of drug-likeness (QED) is 0.170. The molecule has 1 heterocycles. The predicted molar refractivity (Wildman–Crippen MR) is 127 cm³/mol. The fraction of sp³-hybridized carbons (Fsp3) is 0.300. The van der Waals surface area contributed by atoms with Crippen LogP contribution in [0, 0.1) is 0 Å². The average molecular weight is 513 g/mol. The average Bonchev–Trinajstić information content (AvgIpc) is 2.72. The van der Waals surface area contributed by atoms with E-state index in [9.17, 15) is 4.57 Å². The standard InChI is InChI=1S/C20H22BrN2O3PS2/c1-4-25-27(24,29-5-2)26-13-14-6-8-15(9-7-14)19-22-18-11-10-16(21)12-17(18)20(23-19)28-3/h6-12H,4-5,13H2,1-3H3.